The summed E-state index contributed by atoms with van der Waals surface area (Å²) in [5, 5.41) is 2.74. The van der Waals surface area contributed by atoms with Gasteiger partial charge in [-0.2, -0.15) is 4.31 Å². The van der Waals surface area contributed by atoms with Crippen LogP contribution in [-0.2, 0) is 19.6 Å². The molecule has 1 aromatic heterocycles. The van der Waals surface area contributed by atoms with E-state index >= 15 is 0 Å². The Kier molecular flexibility index (Phi) is 6.81. The highest BCUT2D eigenvalue weighted by atomic mass is 35.5. The molecule has 1 aliphatic rings. The number of carbonyl (C=O) groups is 1. The molecule has 23 heavy (non-hydrogen) atoms. The van der Waals surface area contributed by atoms with Crippen molar-refractivity contribution >= 4 is 38.9 Å². The second kappa shape index (κ2) is 8.41. The molecule has 1 N–H and O–H groups in total. The molecule has 2 heterocycles. The van der Waals surface area contributed by atoms with E-state index in [1.54, 1.807) is 0 Å². The maximum Gasteiger partial charge on any atom is 0.252 e. The van der Waals surface area contributed by atoms with E-state index in [-0.39, 0.29) is 16.7 Å². The molecule has 0 aliphatic carbocycles. The lowest BCUT2D eigenvalue weighted by Crippen LogP contribution is -2.43. The van der Waals surface area contributed by atoms with Crippen LogP contribution < -0.4 is 5.32 Å². The zero-order valence-corrected chi connectivity index (χ0v) is 15.2. The smallest absolute Gasteiger partial charge is 0.252 e. The Balaban J connectivity index is 1.77. The summed E-state index contributed by atoms with van der Waals surface area (Å²) in [4.78, 5) is 14.1. The largest absolute Gasteiger partial charge is 0.379 e. The average Bonchev–Trinajstić information content (AvgIpc) is 2.95. The number of morpholine rings is 1. The molecule has 2 rings (SSSR count). The van der Waals surface area contributed by atoms with Crippen LogP contribution in [0.5, 0.6) is 0 Å². The van der Waals surface area contributed by atoms with Gasteiger partial charge in [0.05, 0.1) is 24.1 Å². The number of hydrogen-bond acceptors (Lipinski definition) is 6. The summed E-state index contributed by atoms with van der Waals surface area (Å²) in [7, 11) is -2.30. The topological polar surface area (TPSA) is 79.0 Å². The number of likely N-dealkylation sites (N-methyl/N-ethyl adjacent to an activating group) is 1. The van der Waals surface area contributed by atoms with Gasteiger partial charge in [-0.1, -0.05) is 11.6 Å². The van der Waals surface area contributed by atoms with Crippen molar-refractivity contribution in [2.24, 2.45) is 0 Å². The van der Waals surface area contributed by atoms with Crippen molar-refractivity contribution in [1.82, 2.24) is 14.5 Å². The van der Waals surface area contributed by atoms with Gasteiger partial charge in [0, 0.05) is 33.2 Å². The zero-order chi connectivity index (χ0) is 16.9. The van der Waals surface area contributed by atoms with Crippen molar-refractivity contribution in [3.05, 3.63) is 16.5 Å². The molecule has 1 aliphatic heterocycles. The van der Waals surface area contributed by atoms with Gasteiger partial charge in [-0.3, -0.25) is 9.69 Å². The summed E-state index contributed by atoms with van der Waals surface area (Å²) in [5.74, 6) is -0.327. The van der Waals surface area contributed by atoms with Gasteiger partial charge >= 0.3 is 0 Å². The van der Waals surface area contributed by atoms with Gasteiger partial charge in [0.15, 0.2) is 0 Å². The normalized spacial score (nSPS) is 16.7. The van der Waals surface area contributed by atoms with Crippen LogP contribution in [0.2, 0.25) is 4.34 Å². The predicted octanol–water partition coefficient (Wildman–Crippen LogP) is 0.470. The number of hydrogen-bond donors (Lipinski definition) is 1. The molecular weight excluding hydrogens is 362 g/mol. The third kappa shape index (κ3) is 5.40. The molecule has 0 aromatic carbocycles. The number of thiophene rings is 1. The van der Waals surface area contributed by atoms with Crippen LogP contribution in [0.25, 0.3) is 0 Å². The van der Waals surface area contributed by atoms with Gasteiger partial charge in [0.1, 0.15) is 4.21 Å². The summed E-state index contributed by atoms with van der Waals surface area (Å²) in [6, 6.07) is 2.96. The first kappa shape index (κ1) is 18.6. The van der Waals surface area contributed by atoms with Gasteiger partial charge in [-0.05, 0) is 12.1 Å². The Bertz CT molecular complexity index is 629. The van der Waals surface area contributed by atoms with Gasteiger partial charge in [0.2, 0.25) is 5.91 Å². The minimum absolute atomic E-state index is 0.131. The molecule has 0 spiro atoms. The lowest BCUT2D eigenvalue weighted by molar-refractivity contribution is -0.121. The van der Waals surface area contributed by atoms with Crippen molar-refractivity contribution in [1.29, 1.82) is 0 Å². The van der Waals surface area contributed by atoms with E-state index in [0.29, 0.717) is 24.1 Å². The number of sulfonamides is 1. The van der Waals surface area contributed by atoms with Crippen LogP contribution in [-0.4, -0.2) is 76.5 Å². The fraction of sp³-hybridized carbons (Fsp3) is 0.615. The van der Waals surface area contributed by atoms with E-state index in [1.165, 1.54) is 19.2 Å². The van der Waals surface area contributed by atoms with E-state index in [1.807, 2.05) is 0 Å². The maximum absolute atomic E-state index is 12.3. The molecule has 1 fully saturated rings. The number of nitrogens with one attached hydrogen (secondary N) is 1. The summed E-state index contributed by atoms with van der Waals surface area (Å²) in [5.41, 5.74) is 0. The lowest BCUT2D eigenvalue weighted by atomic mass is 10.4. The van der Waals surface area contributed by atoms with E-state index in [9.17, 15) is 13.2 Å². The molecule has 130 valence electrons. The van der Waals surface area contributed by atoms with Crippen LogP contribution in [0.4, 0.5) is 0 Å². The third-order valence-corrected chi connectivity index (χ3v) is 6.94. The van der Waals surface area contributed by atoms with Gasteiger partial charge < -0.3 is 10.1 Å². The molecule has 0 unspecified atom stereocenters. The standard InChI is InChI=1S/C13H20ClN3O4S2/c1-16(23(19,20)13-3-2-11(14)22-13)10-12(18)15-4-5-17-6-8-21-9-7-17/h2-3H,4-10H2,1H3,(H,15,18). The van der Waals surface area contributed by atoms with Gasteiger partial charge in [-0.25, -0.2) is 8.42 Å². The monoisotopic (exact) mass is 381 g/mol. The Morgan fingerprint density at radius 2 is 2.13 bits per heavy atom. The van der Waals surface area contributed by atoms with Crippen molar-refractivity contribution in [3.63, 3.8) is 0 Å². The first-order valence-electron chi connectivity index (χ1n) is 7.18. The van der Waals surface area contributed by atoms with Gasteiger partial charge in [-0.15, -0.1) is 11.3 Å². The maximum atomic E-state index is 12.3. The van der Waals surface area contributed by atoms with Crippen molar-refractivity contribution in [2.75, 3.05) is 53.0 Å². The van der Waals surface area contributed by atoms with Crippen molar-refractivity contribution in [2.45, 2.75) is 4.21 Å². The van der Waals surface area contributed by atoms with Crippen molar-refractivity contribution in [3.8, 4) is 0 Å². The Labute approximate surface area is 145 Å². The fourth-order valence-corrected chi connectivity index (χ4v) is 4.93. The first-order chi connectivity index (χ1) is 10.9. The Morgan fingerprint density at radius 3 is 2.74 bits per heavy atom. The highest BCUT2D eigenvalue weighted by Crippen LogP contribution is 2.27. The average molecular weight is 382 g/mol. The Hall–Kier alpha value is -0.710. The summed E-state index contributed by atoms with van der Waals surface area (Å²) in [6.45, 7) is 4.10. The zero-order valence-electron chi connectivity index (χ0n) is 12.8. The highest BCUT2D eigenvalue weighted by molar-refractivity contribution is 7.91. The van der Waals surface area contributed by atoms with E-state index in [0.717, 1.165) is 35.3 Å². The molecule has 1 saturated heterocycles. The summed E-state index contributed by atoms with van der Waals surface area (Å²) in [6.07, 6.45) is 0. The van der Waals surface area contributed by atoms with Crippen molar-refractivity contribution < 1.29 is 17.9 Å². The SMILES string of the molecule is CN(CC(=O)NCCN1CCOCC1)S(=O)(=O)c1ccc(Cl)s1. The Morgan fingerprint density at radius 1 is 1.43 bits per heavy atom. The number of nitrogens with zero attached hydrogens (tertiary/aromatic N) is 2. The molecule has 1 aromatic rings. The number of ether oxygens (including phenoxy) is 1. The van der Waals surface area contributed by atoms with Gasteiger partial charge in [0.25, 0.3) is 10.0 Å². The predicted molar refractivity (Wildman–Crippen MR) is 89.4 cm³/mol. The molecule has 0 radical (unpaired) electrons. The molecular formula is C13H20ClN3O4S2. The van der Waals surface area contributed by atoms with Crippen LogP contribution in [0.3, 0.4) is 0 Å². The molecule has 10 heteroatoms. The quantitative estimate of drug-likeness (QED) is 0.742. The number of halogens is 1. The minimum Gasteiger partial charge on any atom is -0.379 e. The minimum atomic E-state index is -3.68. The molecule has 0 bridgehead atoms. The molecule has 1 amide bonds. The van der Waals surface area contributed by atoms with E-state index in [2.05, 4.69) is 10.2 Å². The van der Waals surface area contributed by atoms with E-state index < -0.39 is 10.0 Å². The van der Waals surface area contributed by atoms with Crippen LogP contribution >= 0.6 is 22.9 Å². The lowest BCUT2D eigenvalue weighted by Gasteiger charge is -2.26. The van der Waals surface area contributed by atoms with E-state index in [4.69, 9.17) is 16.3 Å². The van der Waals surface area contributed by atoms with Crippen LogP contribution in [0.1, 0.15) is 0 Å². The molecule has 0 saturated carbocycles. The first-order valence-corrected chi connectivity index (χ1v) is 9.81. The summed E-state index contributed by atoms with van der Waals surface area (Å²) < 4.78 is 31.4. The number of rotatable bonds is 7. The van der Waals surface area contributed by atoms with Crippen LogP contribution in [0, 0.1) is 0 Å². The fourth-order valence-electron chi connectivity index (χ4n) is 2.11. The number of amides is 1. The number of carbonyl (C=O) groups excluding carboxylic acids is 1. The third-order valence-electron chi connectivity index (χ3n) is 3.43. The molecule has 0 atom stereocenters. The van der Waals surface area contributed by atoms with Crippen LogP contribution in [0.15, 0.2) is 16.3 Å². The summed E-state index contributed by atoms with van der Waals surface area (Å²) >= 11 is 6.73. The molecule has 7 nitrogen and oxygen atoms in total. The highest BCUT2D eigenvalue weighted by Gasteiger charge is 2.24. The second-order valence-electron chi connectivity index (χ2n) is 5.12. The second-order valence-corrected chi connectivity index (χ2v) is 9.11.